The zero-order valence-corrected chi connectivity index (χ0v) is 12.9. The first kappa shape index (κ1) is 16.3. The second kappa shape index (κ2) is 9.23. The number of nitrogens with one attached hydrogen (secondary N) is 1. The molecule has 0 saturated carbocycles. The second-order valence-corrected chi connectivity index (χ2v) is 5.41. The van der Waals surface area contributed by atoms with E-state index in [0.717, 1.165) is 35.0 Å². The van der Waals surface area contributed by atoms with Crippen LogP contribution in [0.1, 0.15) is 25.8 Å². The van der Waals surface area contributed by atoms with Crippen LogP contribution in [0.2, 0.25) is 5.02 Å². The molecule has 0 heterocycles. The number of ether oxygens (including phenoxy) is 1. The molecular formula is C14H20ClNO2S. The maximum atomic E-state index is 11.4. The van der Waals surface area contributed by atoms with Crippen molar-refractivity contribution >= 4 is 29.3 Å². The van der Waals surface area contributed by atoms with E-state index in [-0.39, 0.29) is 5.97 Å². The summed E-state index contributed by atoms with van der Waals surface area (Å²) in [5.74, 6) is 0.120. The number of carbonyl (C=O) groups excluding carboxylic acids is 1. The Morgan fingerprint density at radius 1 is 1.42 bits per heavy atom. The van der Waals surface area contributed by atoms with Crippen molar-refractivity contribution in [1.29, 1.82) is 0 Å². The summed E-state index contributed by atoms with van der Waals surface area (Å²) in [5.41, 5.74) is 1.05. The summed E-state index contributed by atoms with van der Waals surface area (Å²) in [6, 6.07) is 5.76. The van der Waals surface area contributed by atoms with Gasteiger partial charge in [-0.3, -0.25) is 4.79 Å². The Morgan fingerprint density at radius 3 is 2.89 bits per heavy atom. The number of benzene rings is 1. The molecule has 0 bridgehead atoms. The van der Waals surface area contributed by atoms with Crippen LogP contribution in [-0.4, -0.2) is 24.9 Å². The summed E-state index contributed by atoms with van der Waals surface area (Å²) in [6.45, 7) is 6.02. The molecule has 1 aromatic carbocycles. The smallest absolute Gasteiger partial charge is 0.316 e. The third-order valence-corrected chi connectivity index (χ3v) is 3.88. The van der Waals surface area contributed by atoms with Gasteiger partial charge in [-0.15, -0.1) is 11.8 Å². The average Bonchev–Trinajstić information content (AvgIpc) is 2.39. The Kier molecular flexibility index (Phi) is 7.94. The van der Waals surface area contributed by atoms with Crippen LogP contribution in [0.4, 0.5) is 0 Å². The highest BCUT2D eigenvalue weighted by Gasteiger charge is 2.10. The quantitative estimate of drug-likeness (QED) is 0.453. The molecule has 1 rings (SSSR count). The van der Waals surface area contributed by atoms with Crippen LogP contribution in [0.3, 0.4) is 0 Å². The number of carbonyl (C=O) groups is 1. The van der Waals surface area contributed by atoms with Gasteiger partial charge in [0, 0.05) is 16.5 Å². The van der Waals surface area contributed by atoms with E-state index in [1.807, 2.05) is 25.1 Å². The van der Waals surface area contributed by atoms with Gasteiger partial charge in [0.05, 0.1) is 12.4 Å². The van der Waals surface area contributed by atoms with Crippen molar-refractivity contribution < 1.29 is 9.53 Å². The molecule has 19 heavy (non-hydrogen) atoms. The molecule has 0 fully saturated rings. The normalized spacial score (nSPS) is 10.5. The molecule has 0 aromatic heterocycles. The number of halogens is 1. The maximum absolute atomic E-state index is 11.4. The molecular weight excluding hydrogens is 282 g/mol. The van der Waals surface area contributed by atoms with E-state index in [9.17, 15) is 4.79 Å². The molecule has 0 aliphatic rings. The topological polar surface area (TPSA) is 38.3 Å². The number of thioether (sulfide) groups is 1. The third-order valence-electron chi connectivity index (χ3n) is 2.46. The summed E-state index contributed by atoms with van der Waals surface area (Å²) < 4.78 is 4.92. The lowest BCUT2D eigenvalue weighted by Crippen LogP contribution is -2.15. The summed E-state index contributed by atoms with van der Waals surface area (Å²) in [6.07, 6.45) is 1.08. The molecule has 5 heteroatoms. The molecule has 0 amide bonds. The first-order chi connectivity index (χ1) is 9.19. The maximum Gasteiger partial charge on any atom is 0.316 e. The second-order valence-electron chi connectivity index (χ2n) is 3.99. The molecule has 0 atom stereocenters. The SMILES string of the molecule is CCCNCc1c(Cl)cccc1SCC(=O)OCC. The summed E-state index contributed by atoms with van der Waals surface area (Å²) in [7, 11) is 0. The summed E-state index contributed by atoms with van der Waals surface area (Å²) in [5, 5.41) is 4.07. The fourth-order valence-corrected chi connectivity index (χ4v) is 2.76. The molecule has 1 aromatic rings. The Hall–Kier alpha value is -0.710. The Morgan fingerprint density at radius 2 is 2.21 bits per heavy atom. The zero-order valence-electron chi connectivity index (χ0n) is 11.4. The van der Waals surface area contributed by atoms with Crippen LogP contribution in [0.15, 0.2) is 23.1 Å². The molecule has 0 saturated heterocycles. The monoisotopic (exact) mass is 301 g/mol. The lowest BCUT2D eigenvalue weighted by Gasteiger charge is -2.11. The minimum atomic E-state index is -0.194. The van der Waals surface area contributed by atoms with Gasteiger partial charge < -0.3 is 10.1 Å². The van der Waals surface area contributed by atoms with Crippen molar-refractivity contribution in [2.24, 2.45) is 0 Å². The van der Waals surface area contributed by atoms with Crippen LogP contribution in [0, 0.1) is 0 Å². The summed E-state index contributed by atoms with van der Waals surface area (Å²) in [4.78, 5) is 12.4. The van der Waals surface area contributed by atoms with E-state index >= 15 is 0 Å². The van der Waals surface area contributed by atoms with E-state index in [1.165, 1.54) is 11.8 Å². The Bertz CT molecular complexity index is 412. The number of hydrogen-bond acceptors (Lipinski definition) is 4. The average molecular weight is 302 g/mol. The van der Waals surface area contributed by atoms with Crippen molar-refractivity contribution in [3.8, 4) is 0 Å². The fraction of sp³-hybridized carbons (Fsp3) is 0.500. The van der Waals surface area contributed by atoms with Crippen molar-refractivity contribution in [1.82, 2.24) is 5.32 Å². The van der Waals surface area contributed by atoms with Gasteiger partial charge in [-0.2, -0.15) is 0 Å². The molecule has 0 spiro atoms. The van der Waals surface area contributed by atoms with Crippen molar-refractivity contribution in [2.75, 3.05) is 18.9 Å². The molecule has 3 nitrogen and oxygen atoms in total. The largest absolute Gasteiger partial charge is 0.465 e. The van der Waals surface area contributed by atoms with Gasteiger partial charge in [-0.05, 0) is 37.6 Å². The van der Waals surface area contributed by atoms with Gasteiger partial charge in [0.1, 0.15) is 0 Å². The van der Waals surface area contributed by atoms with Gasteiger partial charge in [-0.25, -0.2) is 0 Å². The van der Waals surface area contributed by atoms with E-state index in [2.05, 4.69) is 12.2 Å². The van der Waals surface area contributed by atoms with Gasteiger partial charge in [0.25, 0.3) is 0 Å². The Labute approximate surface area is 124 Å². The standard InChI is InChI=1S/C14H20ClNO2S/c1-3-8-16-9-11-12(15)6-5-7-13(11)19-10-14(17)18-4-2/h5-7,16H,3-4,8-10H2,1-2H3. The number of esters is 1. The summed E-state index contributed by atoms with van der Waals surface area (Å²) >= 11 is 7.68. The van der Waals surface area contributed by atoms with Crippen molar-refractivity contribution in [2.45, 2.75) is 31.7 Å². The Balaban J connectivity index is 2.65. The minimum absolute atomic E-state index is 0.194. The van der Waals surface area contributed by atoms with Gasteiger partial charge in [-0.1, -0.05) is 24.6 Å². The van der Waals surface area contributed by atoms with E-state index in [4.69, 9.17) is 16.3 Å². The molecule has 0 aliphatic carbocycles. The minimum Gasteiger partial charge on any atom is -0.465 e. The van der Waals surface area contributed by atoms with Crippen LogP contribution in [-0.2, 0) is 16.1 Å². The number of hydrogen-bond donors (Lipinski definition) is 1. The molecule has 0 radical (unpaired) electrons. The lowest BCUT2D eigenvalue weighted by atomic mass is 10.2. The highest BCUT2D eigenvalue weighted by Crippen LogP contribution is 2.28. The zero-order chi connectivity index (χ0) is 14.1. The lowest BCUT2D eigenvalue weighted by molar-refractivity contribution is -0.139. The molecule has 0 aliphatic heterocycles. The molecule has 0 unspecified atom stereocenters. The molecule has 106 valence electrons. The predicted molar refractivity (Wildman–Crippen MR) is 80.8 cm³/mol. The number of rotatable bonds is 8. The highest BCUT2D eigenvalue weighted by molar-refractivity contribution is 8.00. The van der Waals surface area contributed by atoms with Gasteiger partial charge in [0.15, 0.2) is 0 Å². The first-order valence-corrected chi connectivity index (χ1v) is 7.81. The van der Waals surface area contributed by atoms with Gasteiger partial charge in [0.2, 0.25) is 0 Å². The van der Waals surface area contributed by atoms with Crippen LogP contribution in [0.25, 0.3) is 0 Å². The molecule has 1 N–H and O–H groups in total. The first-order valence-electron chi connectivity index (χ1n) is 6.45. The predicted octanol–water partition coefficient (Wildman–Crippen LogP) is 3.49. The van der Waals surface area contributed by atoms with Crippen LogP contribution in [0.5, 0.6) is 0 Å². The third kappa shape index (κ3) is 5.85. The van der Waals surface area contributed by atoms with E-state index < -0.39 is 0 Å². The fourth-order valence-electron chi connectivity index (χ4n) is 1.58. The van der Waals surface area contributed by atoms with Crippen molar-refractivity contribution in [3.63, 3.8) is 0 Å². The van der Waals surface area contributed by atoms with Crippen LogP contribution < -0.4 is 5.32 Å². The van der Waals surface area contributed by atoms with Gasteiger partial charge >= 0.3 is 5.97 Å². The van der Waals surface area contributed by atoms with E-state index in [1.54, 1.807) is 0 Å². The highest BCUT2D eigenvalue weighted by atomic mass is 35.5. The van der Waals surface area contributed by atoms with Crippen molar-refractivity contribution in [3.05, 3.63) is 28.8 Å². The van der Waals surface area contributed by atoms with Crippen LogP contribution >= 0.6 is 23.4 Å². The van der Waals surface area contributed by atoms with E-state index in [0.29, 0.717) is 12.4 Å².